The van der Waals surface area contributed by atoms with E-state index in [2.05, 4.69) is 180 Å². The molecule has 0 bridgehead atoms. The fourth-order valence-electron chi connectivity index (χ4n) is 11.4. The Kier molecular flexibility index (Phi) is 8.45. The van der Waals surface area contributed by atoms with Crippen LogP contribution in [0.4, 0.5) is 34.1 Å². The highest BCUT2D eigenvalue weighted by molar-refractivity contribution is 7.02. The van der Waals surface area contributed by atoms with Crippen molar-refractivity contribution in [1.29, 1.82) is 0 Å². The Hall–Kier alpha value is -9.13. The third-order valence-corrected chi connectivity index (χ3v) is 14.3. The molecule has 0 unspecified atom stereocenters. The zero-order valence-corrected chi connectivity index (χ0v) is 37.6. The highest BCUT2D eigenvalue weighted by atomic mass is 16.5. The zero-order chi connectivity index (χ0) is 45.9. The Morgan fingerprint density at radius 3 is 1.07 bits per heavy atom. The second-order valence-corrected chi connectivity index (χ2v) is 18.4. The van der Waals surface area contributed by atoms with Crippen LogP contribution in [0.15, 0.2) is 231 Å². The highest BCUT2D eigenvalue weighted by Gasteiger charge is 2.47. The van der Waals surface area contributed by atoms with E-state index < -0.39 is 0 Å². The molecule has 11 aromatic carbocycles. The Morgan fingerprint density at radius 1 is 0.286 bits per heavy atom. The summed E-state index contributed by atoms with van der Waals surface area (Å²) in [5, 5.41) is 4.57. The van der Waals surface area contributed by atoms with Crippen LogP contribution in [-0.4, -0.2) is 13.4 Å². The first-order chi connectivity index (χ1) is 34.7. The maximum atomic E-state index is 7.11. The van der Waals surface area contributed by atoms with Crippen LogP contribution in [0.2, 0.25) is 0 Å². The van der Waals surface area contributed by atoms with Crippen molar-refractivity contribution in [3.63, 3.8) is 0 Å². The zero-order valence-electron chi connectivity index (χ0n) is 37.6. The SMILES string of the molecule is c1ccc(Oc2cc3c4c(c2)N(c2ccccc2)c2cc5c(cc2B4c2cc4ccccc4cc2O3)B2c3cc4ccccc4cc3Oc3cc(Oc4ccccc4)cc(c32)N5c2ccccc2)cc1. The van der Waals surface area contributed by atoms with Gasteiger partial charge in [0.15, 0.2) is 0 Å². The van der Waals surface area contributed by atoms with Crippen molar-refractivity contribution in [2.75, 3.05) is 9.80 Å². The number of rotatable bonds is 6. The van der Waals surface area contributed by atoms with Crippen LogP contribution in [-0.2, 0) is 0 Å². The summed E-state index contributed by atoms with van der Waals surface area (Å²) in [6.45, 7) is -0.374. The lowest BCUT2D eigenvalue weighted by Gasteiger charge is -2.44. The molecule has 0 amide bonds. The van der Waals surface area contributed by atoms with Crippen molar-refractivity contribution in [2.24, 2.45) is 0 Å². The average Bonchev–Trinajstić information content (AvgIpc) is 3.41. The summed E-state index contributed by atoms with van der Waals surface area (Å²) in [4.78, 5) is 4.81. The maximum Gasteiger partial charge on any atom is 0.256 e. The molecule has 4 aliphatic heterocycles. The Morgan fingerprint density at radius 2 is 0.657 bits per heavy atom. The quantitative estimate of drug-likeness (QED) is 0.155. The number of hydrogen-bond acceptors (Lipinski definition) is 6. The first-order valence-electron chi connectivity index (χ1n) is 23.8. The number of anilines is 6. The molecule has 0 atom stereocenters. The van der Waals surface area contributed by atoms with Gasteiger partial charge in [-0.2, -0.15) is 0 Å². The summed E-state index contributed by atoms with van der Waals surface area (Å²) in [6, 6.07) is 80.9. The molecule has 0 aliphatic carbocycles. The number of nitrogens with zero attached hydrogens (tertiary/aromatic N) is 2. The first kappa shape index (κ1) is 38.9. The summed E-state index contributed by atoms with van der Waals surface area (Å²) >= 11 is 0. The molecule has 0 spiro atoms. The van der Waals surface area contributed by atoms with Crippen molar-refractivity contribution in [3.8, 4) is 46.0 Å². The highest BCUT2D eigenvalue weighted by Crippen LogP contribution is 2.48. The number of hydrogen-bond donors (Lipinski definition) is 0. The van der Waals surface area contributed by atoms with Gasteiger partial charge in [0.05, 0.1) is 0 Å². The standard InChI is InChI=1S/C62H38B2N2O4/c1-5-21-43(22-6-1)65-53-38-54-50(37-49(53)63-51-29-39-17-13-15-19-41(39)31-57(51)69-59-35-47(33-55(65)61(59)63)67-45-25-9-3-10-26-45)64-52-30-40-18-14-16-20-42(40)32-58(52)70-60-36-48(68-46-27-11-4-12-28-46)34-56(62(60)64)66(54)44-23-7-2-8-24-44/h1-38H. The van der Waals surface area contributed by atoms with Crippen molar-refractivity contribution < 1.29 is 18.9 Å². The summed E-state index contributed by atoms with van der Waals surface area (Å²) in [6.07, 6.45) is 0. The largest absolute Gasteiger partial charge is 0.458 e. The van der Waals surface area contributed by atoms with Gasteiger partial charge in [-0.3, -0.25) is 0 Å². The van der Waals surface area contributed by atoms with Crippen LogP contribution in [0.25, 0.3) is 21.5 Å². The molecular formula is C62H38B2N2O4. The fourth-order valence-corrected chi connectivity index (χ4v) is 11.4. The van der Waals surface area contributed by atoms with E-state index in [9.17, 15) is 0 Å². The van der Waals surface area contributed by atoms with Crippen LogP contribution < -0.4 is 61.5 Å². The van der Waals surface area contributed by atoms with Gasteiger partial charge in [-0.05, 0) is 121 Å². The molecule has 0 saturated heterocycles. The minimum atomic E-state index is -0.187. The summed E-state index contributed by atoms with van der Waals surface area (Å²) in [7, 11) is 0. The molecule has 0 radical (unpaired) electrons. The predicted molar refractivity (Wildman–Crippen MR) is 286 cm³/mol. The van der Waals surface area contributed by atoms with Crippen LogP contribution in [0.5, 0.6) is 46.0 Å². The number of ether oxygens (including phenoxy) is 4. The molecule has 0 aromatic heterocycles. The van der Waals surface area contributed by atoms with E-state index in [0.717, 1.165) is 112 Å². The van der Waals surface area contributed by atoms with Gasteiger partial charge in [0.25, 0.3) is 13.4 Å². The van der Waals surface area contributed by atoms with E-state index in [-0.39, 0.29) is 13.4 Å². The molecule has 8 heteroatoms. The molecule has 15 rings (SSSR count). The molecule has 11 aromatic rings. The van der Waals surface area contributed by atoms with Crippen molar-refractivity contribution in [1.82, 2.24) is 0 Å². The molecule has 70 heavy (non-hydrogen) atoms. The van der Waals surface area contributed by atoms with Gasteiger partial charge in [0.2, 0.25) is 0 Å². The number of fused-ring (bicyclic) bond motifs is 10. The van der Waals surface area contributed by atoms with E-state index in [0.29, 0.717) is 11.5 Å². The predicted octanol–water partition coefficient (Wildman–Crippen LogP) is 12.4. The van der Waals surface area contributed by atoms with Crippen LogP contribution in [0, 0.1) is 0 Å². The maximum absolute atomic E-state index is 7.11. The molecule has 0 N–H and O–H groups in total. The monoisotopic (exact) mass is 896 g/mol. The van der Waals surface area contributed by atoms with E-state index in [1.807, 2.05) is 60.7 Å². The lowest BCUT2D eigenvalue weighted by Crippen LogP contribution is -2.63. The molecule has 0 saturated carbocycles. The van der Waals surface area contributed by atoms with Gasteiger partial charge in [-0.25, -0.2) is 0 Å². The summed E-state index contributed by atoms with van der Waals surface area (Å²) in [5.41, 5.74) is 13.0. The Labute approximate surface area is 405 Å². The van der Waals surface area contributed by atoms with Gasteiger partial charge in [0.1, 0.15) is 46.0 Å². The van der Waals surface area contributed by atoms with E-state index in [1.165, 1.54) is 10.9 Å². The molecule has 4 heterocycles. The van der Waals surface area contributed by atoms with Gasteiger partial charge >= 0.3 is 0 Å². The second-order valence-electron chi connectivity index (χ2n) is 18.4. The first-order valence-corrected chi connectivity index (χ1v) is 23.8. The van der Waals surface area contributed by atoms with Gasteiger partial charge < -0.3 is 28.7 Å². The van der Waals surface area contributed by atoms with Crippen molar-refractivity contribution in [2.45, 2.75) is 0 Å². The van der Waals surface area contributed by atoms with E-state index in [1.54, 1.807) is 0 Å². The topological polar surface area (TPSA) is 43.4 Å². The molecule has 4 aliphatic rings. The normalized spacial score (nSPS) is 13.3. The lowest BCUT2D eigenvalue weighted by molar-refractivity contribution is 0.463. The molecule has 0 fully saturated rings. The molecule has 326 valence electrons. The smallest absolute Gasteiger partial charge is 0.256 e. The third kappa shape index (κ3) is 6.03. The Balaban J connectivity index is 1.05. The van der Waals surface area contributed by atoms with Crippen LogP contribution in [0.1, 0.15) is 0 Å². The summed E-state index contributed by atoms with van der Waals surface area (Å²) in [5.74, 6) is 6.10. The van der Waals surface area contributed by atoms with Crippen molar-refractivity contribution in [3.05, 3.63) is 231 Å². The van der Waals surface area contributed by atoms with Crippen LogP contribution in [0.3, 0.4) is 0 Å². The van der Waals surface area contributed by atoms with Crippen LogP contribution >= 0.6 is 0 Å². The fraction of sp³-hybridized carbons (Fsp3) is 0. The molecule has 6 nitrogen and oxygen atoms in total. The number of benzene rings is 11. The minimum absolute atomic E-state index is 0.187. The Bertz CT molecular complexity index is 3680. The van der Waals surface area contributed by atoms with Gasteiger partial charge in [0, 0.05) is 58.4 Å². The van der Waals surface area contributed by atoms with Gasteiger partial charge in [-0.15, -0.1) is 0 Å². The second kappa shape index (κ2) is 15.2. The van der Waals surface area contributed by atoms with E-state index >= 15 is 0 Å². The average molecular weight is 897 g/mol. The third-order valence-electron chi connectivity index (χ3n) is 14.3. The number of para-hydroxylation sites is 4. The summed E-state index contributed by atoms with van der Waals surface area (Å²) < 4.78 is 27.6. The lowest BCUT2D eigenvalue weighted by atomic mass is 9.30. The van der Waals surface area contributed by atoms with E-state index in [4.69, 9.17) is 18.9 Å². The van der Waals surface area contributed by atoms with Gasteiger partial charge in [-0.1, -0.05) is 140 Å². The van der Waals surface area contributed by atoms with Crippen molar-refractivity contribution >= 4 is 102 Å². The minimum Gasteiger partial charge on any atom is -0.458 e. The molecular weight excluding hydrogens is 858 g/mol.